The Morgan fingerprint density at radius 2 is 1.86 bits per heavy atom. The molecule has 2 N–H and O–H groups in total. The Morgan fingerprint density at radius 3 is 2.52 bits per heavy atom. The van der Waals surface area contributed by atoms with Gasteiger partial charge in [-0.1, -0.05) is 12.1 Å². The number of piperidine rings is 1. The van der Waals surface area contributed by atoms with Crippen LogP contribution >= 0.6 is 0 Å². The molecule has 2 fully saturated rings. The topological polar surface area (TPSA) is 41.1 Å². The van der Waals surface area contributed by atoms with E-state index in [2.05, 4.69) is 10.6 Å². The van der Waals surface area contributed by atoms with E-state index >= 15 is 0 Å². The van der Waals surface area contributed by atoms with E-state index in [1.165, 1.54) is 25.0 Å². The number of halogens is 1. The molecule has 1 aromatic carbocycles. The van der Waals surface area contributed by atoms with Crippen molar-refractivity contribution in [2.45, 2.75) is 50.6 Å². The largest absolute Gasteiger partial charge is 0.356 e. The van der Waals surface area contributed by atoms with Crippen molar-refractivity contribution in [2.24, 2.45) is 5.92 Å². The number of carbonyl (C=O) groups is 1. The van der Waals surface area contributed by atoms with Crippen LogP contribution in [-0.4, -0.2) is 24.5 Å². The summed E-state index contributed by atoms with van der Waals surface area (Å²) in [5.41, 5.74) is 1.05. The van der Waals surface area contributed by atoms with Crippen molar-refractivity contribution in [3.63, 3.8) is 0 Å². The maximum absolute atomic E-state index is 12.8. The molecule has 114 valence electrons. The lowest BCUT2D eigenvalue weighted by Gasteiger charge is -2.28. The lowest BCUT2D eigenvalue weighted by molar-refractivity contribution is -0.122. The number of hydrogen-bond acceptors (Lipinski definition) is 2. The number of carbonyl (C=O) groups excluding carboxylic acids is 1. The van der Waals surface area contributed by atoms with Gasteiger partial charge in [0, 0.05) is 25.0 Å². The SMILES string of the molecule is O=C(CC1CC2CCC(C1)N2)NCCc1ccc(F)cc1. The second-order valence-electron chi connectivity index (χ2n) is 6.41. The molecule has 2 atom stereocenters. The zero-order chi connectivity index (χ0) is 14.7. The van der Waals surface area contributed by atoms with Crippen molar-refractivity contribution in [3.8, 4) is 0 Å². The Labute approximate surface area is 125 Å². The molecule has 3 nitrogen and oxygen atoms in total. The first-order valence-corrected chi connectivity index (χ1v) is 7.96. The molecule has 0 aromatic heterocycles. The summed E-state index contributed by atoms with van der Waals surface area (Å²) in [6.45, 7) is 0.627. The fourth-order valence-corrected chi connectivity index (χ4v) is 3.67. The van der Waals surface area contributed by atoms with Crippen molar-refractivity contribution in [3.05, 3.63) is 35.6 Å². The Morgan fingerprint density at radius 1 is 1.19 bits per heavy atom. The quantitative estimate of drug-likeness (QED) is 0.874. The van der Waals surface area contributed by atoms with Gasteiger partial charge in [-0.3, -0.25) is 4.79 Å². The van der Waals surface area contributed by atoms with E-state index in [-0.39, 0.29) is 11.7 Å². The molecular formula is C17H23FN2O. The molecule has 0 spiro atoms. The van der Waals surface area contributed by atoms with Gasteiger partial charge in [-0.2, -0.15) is 0 Å². The molecule has 2 heterocycles. The fraction of sp³-hybridized carbons (Fsp3) is 0.588. The van der Waals surface area contributed by atoms with E-state index in [9.17, 15) is 9.18 Å². The van der Waals surface area contributed by atoms with Crippen LogP contribution in [0.15, 0.2) is 24.3 Å². The van der Waals surface area contributed by atoms with Crippen LogP contribution in [0.25, 0.3) is 0 Å². The Bertz CT molecular complexity index is 476. The molecule has 3 rings (SSSR count). The van der Waals surface area contributed by atoms with Gasteiger partial charge in [-0.05, 0) is 55.7 Å². The summed E-state index contributed by atoms with van der Waals surface area (Å²) in [4.78, 5) is 12.0. The van der Waals surface area contributed by atoms with Crippen LogP contribution in [0.1, 0.15) is 37.7 Å². The first-order valence-electron chi connectivity index (χ1n) is 7.96. The molecule has 0 aliphatic carbocycles. The molecule has 1 amide bonds. The fourth-order valence-electron chi connectivity index (χ4n) is 3.67. The summed E-state index contributed by atoms with van der Waals surface area (Å²) in [7, 11) is 0. The minimum Gasteiger partial charge on any atom is -0.356 e. The van der Waals surface area contributed by atoms with Crippen LogP contribution in [0.5, 0.6) is 0 Å². The van der Waals surface area contributed by atoms with Crippen LogP contribution in [0.2, 0.25) is 0 Å². The van der Waals surface area contributed by atoms with E-state index in [1.807, 2.05) is 0 Å². The van der Waals surface area contributed by atoms with Crippen molar-refractivity contribution in [2.75, 3.05) is 6.54 Å². The Kier molecular flexibility index (Phi) is 4.54. The second-order valence-corrected chi connectivity index (χ2v) is 6.41. The summed E-state index contributed by atoms with van der Waals surface area (Å²) < 4.78 is 12.8. The normalized spacial score (nSPS) is 27.6. The number of hydrogen-bond donors (Lipinski definition) is 2. The van der Waals surface area contributed by atoms with E-state index in [4.69, 9.17) is 0 Å². The highest BCUT2D eigenvalue weighted by molar-refractivity contribution is 5.76. The van der Waals surface area contributed by atoms with Gasteiger partial charge in [0.1, 0.15) is 5.82 Å². The number of nitrogens with one attached hydrogen (secondary N) is 2. The van der Waals surface area contributed by atoms with Gasteiger partial charge in [-0.25, -0.2) is 4.39 Å². The van der Waals surface area contributed by atoms with Crippen molar-refractivity contribution in [1.82, 2.24) is 10.6 Å². The third-order valence-corrected chi connectivity index (χ3v) is 4.69. The average molecular weight is 290 g/mol. The summed E-state index contributed by atoms with van der Waals surface area (Å²) >= 11 is 0. The molecule has 2 aliphatic heterocycles. The molecule has 2 bridgehead atoms. The zero-order valence-corrected chi connectivity index (χ0v) is 12.3. The third kappa shape index (κ3) is 4.03. The number of rotatable bonds is 5. The highest BCUT2D eigenvalue weighted by atomic mass is 19.1. The van der Waals surface area contributed by atoms with Crippen molar-refractivity contribution in [1.29, 1.82) is 0 Å². The van der Waals surface area contributed by atoms with E-state index in [0.717, 1.165) is 24.8 Å². The summed E-state index contributed by atoms with van der Waals surface area (Å²) in [6, 6.07) is 7.74. The maximum Gasteiger partial charge on any atom is 0.220 e. The zero-order valence-electron chi connectivity index (χ0n) is 12.3. The van der Waals surface area contributed by atoms with Gasteiger partial charge >= 0.3 is 0 Å². The van der Waals surface area contributed by atoms with Gasteiger partial charge in [-0.15, -0.1) is 0 Å². The van der Waals surface area contributed by atoms with Gasteiger partial charge in [0.15, 0.2) is 0 Å². The molecule has 0 radical (unpaired) electrons. The molecule has 2 aliphatic rings. The van der Waals surface area contributed by atoms with Crippen LogP contribution in [0.3, 0.4) is 0 Å². The highest BCUT2D eigenvalue weighted by Gasteiger charge is 2.33. The van der Waals surface area contributed by atoms with E-state index in [0.29, 0.717) is 31.0 Å². The smallest absolute Gasteiger partial charge is 0.220 e. The molecule has 21 heavy (non-hydrogen) atoms. The highest BCUT2D eigenvalue weighted by Crippen LogP contribution is 2.32. The van der Waals surface area contributed by atoms with E-state index < -0.39 is 0 Å². The van der Waals surface area contributed by atoms with Gasteiger partial charge in [0.2, 0.25) is 5.91 Å². The Balaban J connectivity index is 1.37. The Hall–Kier alpha value is -1.42. The maximum atomic E-state index is 12.8. The predicted molar refractivity (Wildman–Crippen MR) is 80.4 cm³/mol. The van der Waals surface area contributed by atoms with E-state index in [1.54, 1.807) is 12.1 Å². The second kappa shape index (κ2) is 6.56. The monoisotopic (exact) mass is 290 g/mol. The lowest BCUT2D eigenvalue weighted by Crippen LogP contribution is -2.39. The van der Waals surface area contributed by atoms with Crippen LogP contribution in [0.4, 0.5) is 4.39 Å². The van der Waals surface area contributed by atoms with Gasteiger partial charge in [0.05, 0.1) is 0 Å². The number of fused-ring (bicyclic) bond motifs is 2. The molecule has 4 heteroatoms. The third-order valence-electron chi connectivity index (χ3n) is 4.69. The molecule has 1 aromatic rings. The minimum absolute atomic E-state index is 0.156. The summed E-state index contributed by atoms with van der Waals surface area (Å²) in [5.74, 6) is 0.473. The van der Waals surface area contributed by atoms with Crippen LogP contribution in [0, 0.1) is 11.7 Å². The lowest BCUT2D eigenvalue weighted by atomic mass is 9.89. The minimum atomic E-state index is -0.219. The summed E-state index contributed by atoms with van der Waals surface area (Å²) in [5, 5.41) is 6.59. The van der Waals surface area contributed by atoms with Crippen LogP contribution in [-0.2, 0) is 11.2 Å². The van der Waals surface area contributed by atoms with Gasteiger partial charge in [0.25, 0.3) is 0 Å². The molecule has 2 unspecified atom stereocenters. The van der Waals surface area contributed by atoms with Crippen LogP contribution < -0.4 is 10.6 Å². The molecule has 0 saturated carbocycles. The van der Waals surface area contributed by atoms with Crippen molar-refractivity contribution < 1.29 is 9.18 Å². The average Bonchev–Trinajstić information content (AvgIpc) is 2.80. The first-order chi connectivity index (χ1) is 10.2. The summed E-state index contributed by atoms with van der Waals surface area (Å²) in [6.07, 6.45) is 6.23. The van der Waals surface area contributed by atoms with Crippen molar-refractivity contribution >= 4 is 5.91 Å². The number of amides is 1. The number of benzene rings is 1. The predicted octanol–water partition coefficient (Wildman–Crippen LogP) is 2.41. The van der Waals surface area contributed by atoms with Gasteiger partial charge < -0.3 is 10.6 Å². The molecule has 2 saturated heterocycles. The standard InChI is InChI=1S/C17H23FN2O/c18-14-3-1-12(2-4-14)7-8-19-17(21)11-13-9-15-5-6-16(10-13)20-15/h1-4,13,15-16,20H,5-11H2,(H,19,21). The molecular weight excluding hydrogens is 267 g/mol. The first kappa shape index (κ1) is 14.5.